The van der Waals surface area contributed by atoms with Crippen LogP contribution < -0.4 is 0 Å². The van der Waals surface area contributed by atoms with E-state index >= 15 is 0 Å². The van der Waals surface area contributed by atoms with E-state index in [9.17, 15) is 9.18 Å². The Bertz CT molecular complexity index is 555. The monoisotopic (exact) mass is 246 g/mol. The highest BCUT2D eigenvalue weighted by atomic mass is 19.1. The van der Waals surface area contributed by atoms with Crippen LogP contribution in [0.1, 0.15) is 27.9 Å². The summed E-state index contributed by atoms with van der Waals surface area (Å²) in [5, 5.41) is 4.04. The summed E-state index contributed by atoms with van der Waals surface area (Å²) in [7, 11) is 1.83. The second-order valence-corrected chi connectivity index (χ2v) is 4.46. The Kier molecular flexibility index (Phi) is 3.55. The minimum absolute atomic E-state index is 0.0403. The number of ketones is 1. The zero-order valence-electron chi connectivity index (χ0n) is 10.5. The van der Waals surface area contributed by atoms with Gasteiger partial charge in [0.2, 0.25) is 0 Å². The van der Waals surface area contributed by atoms with Gasteiger partial charge < -0.3 is 0 Å². The van der Waals surface area contributed by atoms with Gasteiger partial charge in [-0.25, -0.2) is 4.39 Å². The molecule has 1 aromatic carbocycles. The molecule has 2 rings (SSSR count). The van der Waals surface area contributed by atoms with Gasteiger partial charge in [-0.05, 0) is 42.7 Å². The number of aryl methyl sites for hydroxylation is 3. The van der Waals surface area contributed by atoms with Crippen molar-refractivity contribution in [3.05, 3.63) is 53.1 Å². The Hall–Kier alpha value is -1.97. The Morgan fingerprint density at radius 2 is 2.17 bits per heavy atom. The van der Waals surface area contributed by atoms with Crippen LogP contribution in [0.25, 0.3) is 0 Å². The van der Waals surface area contributed by atoms with Gasteiger partial charge in [0.1, 0.15) is 5.82 Å². The van der Waals surface area contributed by atoms with Crippen LogP contribution >= 0.6 is 0 Å². The molecule has 0 aliphatic rings. The number of nitrogens with zero attached hydrogens (tertiary/aromatic N) is 2. The Balaban J connectivity index is 2.03. The van der Waals surface area contributed by atoms with E-state index in [4.69, 9.17) is 0 Å². The van der Waals surface area contributed by atoms with Gasteiger partial charge in [-0.15, -0.1) is 0 Å². The molecule has 0 N–H and O–H groups in total. The van der Waals surface area contributed by atoms with Crippen molar-refractivity contribution in [2.45, 2.75) is 19.8 Å². The van der Waals surface area contributed by atoms with Crippen LogP contribution in [-0.4, -0.2) is 15.6 Å². The van der Waals surface area contributed by atoms with Gasteiger partial charge in [0.15, 0.2) is 5.78 Å². The molecular weight excluding hydrogens is 231 g/mol. The molecule has 4 heteroatoms. The van der Waals surface area contributed by atoms with E-state index in [0.29, 0.717) is 18.4 Å². The normalized spacial score (nSPS) is 10.6. The first-order chi connectivity index (χ1) is 8.54. The van der Waals surface area contributed by atoms with Crippen molar-refractivity contribution in [3.8, 4) is 0 Å². The van der Waals surface area contributed by atoms with Crippen LogP contribution in [0, 0.1) is 12.7 Å². The molecule has 0 aliphatic heterocycles. The van der Waals surface area contributed by atoms with Gasteiger partial charge in [-0.2, -0.15) is 5.10 Å². The fourth-order valence-corrected chi connectivity index (χ4v) is 1.90. The van der Waals surface area contributed by atoms with Crippen molar-refractivity contribution in [2.75, 3.05) is 0 Å². The first-order valence-corrected chi connectivity index (χ1v) is 5.82. The summed E-state index contributed by atoms with van der Waals surface area (Å²) in [5.74, 6) is -0.402. The quantitative estimate of drug-likeness (QED) is 0.777. The summed E-state index contributed by atoms with van der Waals surface area (Å²) in [4.78, 5) is 11.9. The van der Waals surface area contributed by atoms with Crippen molar-refractivity contribution in [3.63, 3.8) is 0 Å². The topological polar surface area (TPSA) is 34.9 Å². The number of aromatic nitrogens is 2. The van der Waals surface area contributed by atoms with Gasteiger partial charge in [-0.1, -0.05) is 0 Å². The Morgan fingerprint density at radius 3 is 2.78 bits per heavy atom. The van der Waals surface area contributed by atoms with Crippen LogP contribution in [0.2, 0.25) is 0 Å². The predicted octanol–water partition coefficient (Wildman–Crippen LogP) is 2.68. The molecule has 1 aromatic heterocycles. The summed E-state index contributed by atoms with van der Waals surface area (Å²) < 4.78 is 14.9. The highest BCUT2D eigenvalue weighted by molar-refractivity contribution is 5.96. The van der Waals surface area contributed by atoms with Gasteiger partial charge in [0.05, 0.1) is 6.20 Å². The third-order valence-electron chi connectivity index (χ3n) is 2.76. The number of carbonyl (C=O) groups excluding carboxylic acids is 1. The second-order valence-electron chi connectivity index (χ2n) is 4.46. The first kappa shape index (κ1) is 12.5. The van der Waals surface area contributed by atoms with Crippen LogP contribution in [-0.2, 0) is 13.5 Å². The van der Waals surface area contributed by atoms with E-state index in [1.165, 1.54) is 12.1 Å². The predicted molar refractivity (Wildman–Crippen MR) is 67.0 cm³/mol. The first-order valence-electron chi connectivity index (χ1n) is 5.82. The maximum Gasteiger partial charge on any atom is 0.163 e. The fourth-order valence-electron chi connectivity index (χ4n) is 1.90. The molecule has 0 atom stereocenters. The average molecular weight is 246 g/mol. The maximum absolute atomic E-state index is 13.2. The van der Waals surface area contributed by atoms with Gasteiger partial charge >= 0.3 is 0 Å². The van der Waals surface area contributed by atoms with Crippen LogP contribution in [0.5, 0.6) is 0 Å². The van der Waals surface area contributed by atoms with Gasteiger partial charge in [-0.3, -0.25) is 9.48 Å². The lowest BCUT2D eigenvalue weighted by atomic mass is 10.0. The number of benzene rings is 1. The summed E-state index contributed by atoms with van der Waals surface area (Å²) >= 11 is 0. The van der Waals surface area contributed by atoms with E-state index in [1.807, 2.05) is 13.2 Å². The smallest absolute Gasteiger partial charge is 0.163 e. The van der Waals surface area contributed by atoms with E-state index in [1.54, 1.807) is 23.9 Å². The molecule has 0 amide bonds. The minimum atomic E-state index is -0.361. The van der Waals surface area contributed by atoms with Crippen molar-refractivity contribution in [2.24, 2.45) is 7.05 Å². The van der Waals surface area contributed by atoms with Crippen molar-refractivity contribution in [1.29, 1.82) is 0 Å². The van der Waals surface area contributed by atoms with E-state index < -0.39 is 0 Å². The summed E-state index contributed by atoms with van der Waals surface area (Å²) in [5.41, 5.74) is 2.22. The summed E-state index contributed by atoms with van der Waals surface area (Å²) in [6.45, 7) is 1.78. The molecule has 18 heavy (non-hydrogen) atoms. The molecule has 0 spiro atoms. The largest absolute Gasteiger partial charge is 0.294 e. The molecule has 1 heterocycles. The molecule has 0 saturated carbocycles. The average Bonchev–Trinajstić information content (AvgIpc) is 2.70. The lowest BCUT2D eigenvalue weighted by Crippen LogP contribution is -2.02. The van der Waals surface area contributed by atoms with Gasteiger partial charge in [0, 0.05) is 25.2 Å². The molecular formula is C14H15FN2O. The summed E-state index contributed by atoms with van der Waals surface area (Å²) in [6.07, 6.45) is 4.62. The summed E-state index contributed by atoms with van der Waals surface area (Å²) in [6, 6.07) is 4.42. The van der Waals surface area contributed by atoms with Crippen molar-refractivity contribution in [1.82, 2.24) is 9.78 Å². The lowest BCUT2D eigenvalue weighted by molar-refractivity contribution is 0.0982. The third-order valence-corrected chi connectivity index (χ3v) is 2.76. The molecule has 0 saturated heterocycles. The molecule has 0 fully saturated rings. The number of Topliss-reactive ketones (excluding diaryl/α,β-unsaturated/α-hetero) is 1. The number of halogens is 1. The van der Waals surface area contributed by atoms with Crippen LogP contribution in [0.15, 0.2) is 30.6 Å². The van der Waals surface area contributed by atoms with E-state index in [-0.39, 0.29) is 11.6 Å². The maximum atomic E-state index is 13.2. The molecule has 0 unspecified atom stereocenters. The number of carbonyl (C=O) groups is 1. The molecule has 3 nitrogen and oxygen atoms in total. The SMILES string of the molecule is Cc1cc(F)cc(C(=O)CCc2cnn(C)c2)c1. The highest BCUT2D eigenvalue weighted by Crippen LogP contribution is 2.12. The lowest BCUT2D eigenvalue weighted by Gasteiger charge is -2.02. The van der Waals surface area contributed by atoms with E-state index in [2.05, 4.69) is 5.10 Å². The zero-order chi connectivity index (χ0) is 13.1. The van der Waals surface area contributed by atoms with Crippen molar-refractivity contribution < 1.29 is 9.18 Å². The van der Waals surface area contributed by atoms with Crippen LogP contribution in [0.3, 0.4) is 0 Å². The number of hydrogen-bond donors (Lipinski definition) is 0. The molecule has 0 aliphatic carbocycles. The zero-order valence-corrected chi connectivity index (χ0v) is 10.5. The van der Waals surface area contributed by atoms with Crippen molar-refractivity contribution >= 4 is 5.78 Å². The standard InChI is InChI=1S/C14H15FN2O/c1-10-5-12(7-13(15)6-10)14(18)4-3-11-8-16-17(2)9-11/h5-9H,3-4H2,1-2H3. The van der Waals surface area contributed by atoms with Gasteiger partial charge in [0.25, 0.3) is 0 Å². The Labute approximate surface area is 105 Å². The number of rotatable bonds is 4. The molecule has 0 bridgehead atoms. The second kappa shape index (κ2) is 5.12. The molecule has 0 radical (unpaired) electrons. The fraction of sp³-hybridized carbons (Fsp3) is 0.286. The highest BCUT2D eigenvalue weighted by Gasteiger charge is 2.09. The molecule has 2 aromatic rings. The third kappa shape index (κ3) is 3.03. The number of hydrogen-bond acceptors (Lipinski definition) is 2. The molecule has 94 valence electrons. The van der Waals surface area contributed by atoms with E-state index in [0.717, 1.165) is 11.1 Å². The Morgan fingerprint density at radius 1 is 1.39 bits per heavy atom. The van der Waals surface area contributed by atoms with Crippen LogP contribution in [0.4, 0.5) is 4.39 Å². The minimum Gasteiger partial charge on any atom is -0.294 e.